The number of amides is 2. The first-order chi connectivity index (χ1) is 9.65. The molecule has 0 spiro atoms. The fraction of sp³-hybridized carbons (Fsp3) is 0.467. The maximum Gasteiger partial charge on any atom is 0.239 e. The Hall–Kier alpha value is -2.04. The van der Waals surface area contributed by atoms with Gasteiger partial charge in [-0.15, -0.1) is 0 Å². The van der Waals surface area contributed by atoms with E-state index in [-0.39, 0.29) is 18.4 Å². The Bertz CT molecular complexity index is 446. The molecule has 0 aliphatic carbocycles. The molecule has 0 radical (unpaired) electrons. The highest BCUT2D eigenvalue weighted by molar-refractivity contribution is 5.91. The van der Waals surface area contributed by atoms with E-state index in [0.717, 1.165) is 24.2 Å². The van der Waals surface area contributed by atoms with Gasteiger partial charge in [0.05, 0.1) is 6.54 Å². The van der Waals surface area contributed by atoms with Crippen LogP contribution in [0.1, 0.15) is 33.1 Å². The zero-order valence-corrected chi connectivity index (χ0v) is 12.2. The van der Waals surface area contributed by atoms with E-state index in [1.807, 2.05) is 38.1 Å². The summed E-state index contributed by atoms with van der Waals surface area (Å²) in [4.78, 5) is 23.0. The van der Waals surface area contributed by atoms with Crippen molar-refractivity contribution in [2.24, 2.45) is 0 Å². The Morgan fingerprint density at radius 1 is 1.05 bits per heavy atom. The molecule has 5 heteroatoms. The van der Waals surface area contributed by atoms with E-state index in [9.17, 15) is 9.59 Å². The van der Waals surface area contributed by atoms with Crippen molar-refractivity contribution in [3.05, 3.63) is 24.3 Å². The molecule has 0 aliphatic heterocycles. The van der Waals surface area contributed by atoms with Gasteiger partial charge in [0.1, 0.15) is 0 Å². The lowest BCUT2D eigenvalue weighted by molar-refractivity contribution is -0.119. The topological polar surface area (TPSA) is 70.2 Å². The summed E-state index contributed by atoms with van der Waals surface area (Å²) in [6.07, 6.45) is 2.25. The summed E-state index contributed by atoms with van der Waals surface area (Å²) in [5, 5.41) is 8.66. The van der Waals surface area contributed by atoms with Gasteiger partial charge in [0.15, 0.2) is 0 Å². The summed E-state index contributed by atoms with van der Waals surface area (Å²) >= 11 is 0. The molecule has 0 saturated heterocycles. The van der Waals surface area contributed by atoms with Crippen LogP contribution in [0.5, 0.6) is 0 Å². The van der Waals surface area contributed by atoms with Gasteiger partial charge in [0.2, 0.25) is 11.8 Å². The predicted octanol–water partition coefficient (Wildman–Crippen LogP) is 2.36. The summed E-state index contributed by atoms with van der Waals surface area (Å²) in [5.74, 6) is -0.0300. The summed E-state index contributed by atoms with van der Waals surface area (Å²) in [7, 11) is 0. The molecule has 0 fully saturated rings. The molecule has 0 unspecified atom stereocenters. The third-order valence-corrected chi connectivity index (χ3v) is 2.65. The lowest BCUT2D eigenvalue weighted by Crippen LogP contribution is -2.30. The van der Waals surface area contributed by atoms with Crippen molar-refractivity contribution in [1.82, 2.24) is 5.32 Å². The van der Waals surface area contributed by atoms with Gasteiger partial charge in [-0.1, -0.05) is 19.9 Å². The van der Waals surface area contributed by atoms with Crippen LogP contribution in [0, 0.1) is 0 Å². The first-order valence-corrected chi connectivity index (χ1v) is 7.06. The Balaban J connectivity index is 2.47. The van der Waals surface area contributed by atoms with Crippen LogP contribution >= 0.6 is 0 Å². The molecule has 3 N–H and O–H groups in total. The molecule has 2 amide bonds. The Morgan fingerprint density at radius 3 is 2.50 bits per heavy atom. The number of nitrogens with one attached hydrogen (secondary N) is 3. The molecule has 1 rings (SSSR count). The number of rotatable bonds is 8. The first kappa shape index (κ1) is 16.0. The van der Waals surface area contributed by atoms with Gasteiger partial charge in [0.25, 0.3) is 0 Å². The van der Waals surface area contributed by atoms with E-state index in [0.29, 0.717) is 13.0 Å². The smallest absolute Gasteiger partial charge is 0.239 e. The number of benzene rings is 1. The summed E-state index contributed by atoms with van der Waals surface area (Å²) in [6, 6.07) is 7.35. The minimum absolute atomic E-state index is 0.00494. The summed E-state index contributed by atoms with van der Waals surface area (Å²) in [5.41, 5.74) is 1.55. The summed E-state index contributed by atoms with van der Waals surface area (Å²) in [6.45, 7) is 4.89. The molecule has 1 aromatic carbocycles. The van der Waals surface area contributed by atoms with Crippen molar-refractivity contribution in [1.29, 1.82) is 0 Å². The Morgan fingerprint density at radius 2 is 1.80 bits per heavy atom. The molecule has 110 valence electrons. The minimum Gasteiger partial charge on any atom is -0.376 e. The molecule has 1 aromatic rings. The quantitative estimate of drug-likeness (QED) is 0.683. The van der Waals surface area contributed by atoms with Gasteiger partial charge in [-0.3, -0.25) is 9.59 Å². The fourth-order valence-electron chi connectivity index (χ4n) is 1.67. The lowest BCUT2D eigenvalue weighted by atomic mass is 10.2. The van der Waals surface area contributed by atoms with E-state index < -0.39 is 0 Å². The monoisotopic (exact) mass is 277 g/mol. The highest BCUT2D eigenvalue weighted by Gasteiger charge is 2.03. The molecule has 5 nitrogen and oxygen atoms in total. The third kappa shape index (κ3) is 6.22. The zero-order chi connectivity index (χ0) is 14.8. The Labute approximate surface area is 120 Å². The molecular formula is C15H23N3O2. The van der Waals surface area contributed by atoms with Crippen molar-refractivity contribution in [3.8, 4) is 0 Å². The van der Waals surface area contributed by atoms with E-state index in [1.165, 1.54) is 0 Å². The maximum atomic E-state index is 11.5. The number of anilines is 2. The standard InChI is InChI=1S/C15H23N3O2/c1-3-6-14(19)18-13-8-5-7-12(10-13)17-11-15(20)16-9-4-2/h5,7-8,10,17H,3-4,6,9,11H2,1-2H3,(H,16,20)(H,18,19). The van der Waals surface area contributed by atoms with E-state index in [2.05, 4.69) is 16.0 Å². The van der Waals surface area contributed by atoms with Crippen molar-refractivity contribution in [2.75, 3.05) is 23.7 Å². The molecular weight excluding hydrogens is 254 g/mol. The molecule has 20 heavy (non-hydrogen) atoms. The van der Waals surface area contributed by atoms with E-state index in [4.69, 9.17) is 0 Å². The van der Waals surface area contributed by atoms with Gasteiger partial charge in [0, 0.05) is 24.3 Å². The maximum absolute atomic E-state index is 11.5. The lowest BCUT2D eigenvalue weighted by Gasteiger charge is -2.09. The zero-order valence-electron chi connectivity index (χ0n) is 12.2. The van der Waals surface area contributed by atoms with Crippen LogP contribution in [0.15, 0.2) is 24.3 Å². The van der Waals surface area contributed by atoms with Crippen molar-refractivity contribution in [3.63, 3.8) is 0 Å². The summed E-state index contributed by atoms with van der Waals surface area (Å²) < 4.78 is 0. The van der Waals surface area contributed by atoms with Gasteiger partial charge in [-0.05, 0) is 31.0 Å². The van der Waals surface area contributed by atoms with Crippen LogP contribution in [-0.2, 0) is 9.59 Å². The van der Waals surface area contributed by atoms with Crippen molar-refractivity contribution in [2.45, 2.75) is 33.1 Å². The average molecular weight is 277 g/mol. The molecule has 0 aliphatic rings. The van der Waals surface area contributed by atoms with E-state index >= 15 is 0 Å². The van der Waals surface area contributed by atoms with Crippen molar-refractivity contribution >= 4 is 23.2 Å². The minimum atomic E-state index is -0.0349. The average Bonchev–Trinajstić information content (AvgIpc) is 2.43. The molecule has 0 saturated carbocycles. The van der Waals surface area contributed by atoms with Crippen LogP contribution in [0.2, 0.25) is 0 Å². The SMILES string of the molecule is CCCNC(=O)CNc1cccc(NC(=O)CCC)c1. The highest BCUT2D eigenvalue weighted by atomic mass is 16.2. The number of carbonyl (C=O) groups is 2. The van der Waals surface area contributed by atoms with E-state index in [1.54, 1.807) is 0 Å². The molecule has 0 bridgehead atoms. The fourth-order valence-corrected chi connectivity index (χ4v) is 1.67. The number of hydrogen-bond acceptors (Lipinski definition) is 3. The first-order valence-electron chi connectivity index (χ1n) is 7.06. The Kier molecular flexibility index (Phi) is 7.17. The second-order valence-corrected chi connectivity index (χ2v) is 4.58. The van der Waals surface area contributed by atoms with Gasteiger partial charge >= 0.3 is 0 Å². The van der Waals surface area contributed by atoms with Crippen LogP contribution in [0.3, 0.4) is 0 Å². The molecule has 0 atom stereocenters. The number of hydrogen-bond donors (Lipinski definition) is 3. The normalized spacial score (nSPS) is 9.90. The van der Waals surface area contributed by atoms with Crippen LogP contribution in [-0.4, -0.2) is 24.9 Å². The highest BCUT2D eigenvalue weighted by Crippen LogP contribution is 2.15. The largest absolute Gasteiger partial charge is 0.376 e. The van der Waals surface area contributed by atoms with Crippen LogP contribution < -0.4 is 16.0 Å². The van der Waals surface area contributed by atoms with Gasteiger partial charge in [-0.2, -0.15) is 0 Å². The second kappa shape index (κ2) is 8.96. The van der Waals surface area contributed by atoms with Crippen LogP contribution in [0.4, 0.5) is 11.4 Å². The second-order valence-electron chi connectivity index (χ2n) is 4.58. The third-order valence-electron chi connectivity index (χ3n) is 2.65. The number of carbonyl (C=O) groups excluding carboxylic acids is 2. The van der Waals surface area contributed by atoms with Gasteiger partial charge in [-0.25, -0.2) is 0 Å². The van der Waals surface area contributed by atoms with Crippen LogP contribution in [0.25, 0.3) is 0 Å². The predicted molar refractivity (Wildman–Crippen MR) is 81.8 cm³/mol. The van der Waals surface area contributed by atoms with Gasteiger partial charge < -0.3 is 16.0 Å². The molecule has 0 heterocycles. The molecule has 0 aromatic heterocycles. The van der Waals surface area contributed by atoms with Crippen molar-refractivity contribution < 1.29 is 9.59 Å².